The van der Waals surface area contributed by atoms with E-state index < -0.39 is 0 Å². The Morgan fingerprint density at radius 1 is 1.35 bits per heavy atom. The van der Waals surface area contributed by atoms with Gasteiger partial charge in [-0.1, -0.05) is 0 Å². The van der Waals surface area contributed by atoms with Gasteiger partial charge in [0.25, 0.3) is 5.56 Å². The molecule has 0 fully saturated rings. The van der Waals surface area contributed by atoms with Crippen LogP contribution in [0.25, 0.3) is 0 Å². The highest BCUT2D eigenvalue weighted by atomic mass is 16.1. The molecule has 0 aliphatic carbocycles. The van der Waals surface area contributed by atoms with Gasteiger partial charge in [0.2, 0.25) is 0 Å². The summed E-state index contributed by atoms with van der Waals surface area (Å²) < 4.78 is 2.90. The van der Waals surface area contributed by atoms with Crippen molar-refractivity contribution in [2.24, 2.45) is 12.1 Å². The van der Waals surface area contributed by atoms with E-state index in [1.165, 1.54) is 12.3 Å². The number of aromatic nitrogens is 2. The maximum atomic E-state index is 11.8. The van der Waals surface area contributed by atoms with E-state index >= 15 is 0 Å². The van der Waals surface area contributed by atoms with Gasteiger partial charge in [0.1, 0.15) is 17.6 Å². The molecule has 0 aromatic carbocycles. The number of hydrogen-bond acceptors (Lipinski definition) is 4. The van der Waals surface area contributed by atoms with Gasteiger partial charge in [-0.15, -0.1) is 0 Å². The van der Waals surface area contributed by atoms with Gasteiger partial charge in [0.15, 0.2) is 0 Å². The first-order chi connectivity index (χ1) is 9.43. The summed E-state index contributed by atoms with van der Waals surface area (Å²) in [6, 6.07) is 6.95. The lowest BCUT2D eigenvalue weighted by Crippen LogP contribution is -2.19. The Kier molecular flexibility index (Phi) is 3.44. The molecule has 0 amide bonds. The number of nitriles is 1. The highest BCUT2D eigenvalue weighted by Crippen LogP contribution is 2.11. The summed E-state index contributed by atoms with van der Waals surface area (Å²) in [5, 5.41) is 13.1. The average Bonchev–Trinajstić information content (AvgIpc) is 2.65. The maximum Gasteiger partial charge on any atom is 0.273 e. The van der Waals surface area contributed by atoms with Gasteiger partial charge in [-0.05, 0) is 31.5 Å². The molecular formula is C14H15N5O. The van der Waals surface area contributed by atoms with Crippen molar-refractivity contribution in [1.82, 2.24) is 9.24 Å². The van der Waals surface area contributed by atoms with Crippen LogP contribution in [-0.4, -0.2) is 15.5 Å². The Morgan fingerprint density at radius 3 is 2.60 bits per heavy atom. The van der Waals surface area contributed by atoms with Gasteiger partial charge in [-0.25, -0.2) is 0 Å². The minimum absolute atomic E-state index is 0.278. The van der Waals surface area contributed by atoms with E-state index in [0.29, 0.717) is 5.69 Å². The van der Waals surface area contributed by atoms with E-state index in [1.54, 1.807) is 30.7 Å². The highest BCUT2D eigenvalue weighted by molar-refractivity contribution is 5.82. The molecule has 0 bridgehead atoms. The molecule has 0 spiro atoms. The number of nitrogens with zero attached hydrogens (tertiary/aromatic N) is 4. The molecular weight excluding hydrogens is 254 g/mol. The second kappa shape index (κ2) is 5.05. The Hall–Kier alpha value is -2.81. The monoisotopic (exact) mass is 269 g/mol. The summed E-state index contributed by atoms with van der Waals surface area (Å²) in [4.78, 5) is 11.8. The molecule has 6 heteroatoms. The van der Waals surface area contributed by atoms with Crippen molar-refractivity contribution in [1.29, 1.82) is 5.26 Å². The van der Waals surface area contributed by atoms with Gasteiger partial charge in [-0.3, -0.25) is 4.79 Å². The average molecular weight is 269 g/mol. The molecule has 0 saturated carbocycles. The fourth-order valence-corrected chi connectivity index (χ4v) is 1.92. The summed E-state index contributed by atoms with van der Waals surface area (Å²) in [6.07, 6.45) is 1.53. The minimum Gasteiger partial charge on any atom is -0.384 e. The number of rotatable bonds is 2. The van der Waals surface area contributed by atoms with Gasteiger partial charge < -0.3 is 10.3 Å². The lowest BCUT2D eigenvalue weighted by Gasteiger charge is -2.03. The zero-order valence-corrected chi connectivity index (χ0v) is 11.6. The largest absolute Gasteiger partial charge is 0.384 e. The molecule has 2 rings (SSSR count). The molecule has 2 heterocycles. The number of anilines is 1. The van der Waals surface area contributed by atoms with Crippen LogP contribution in [0.2, 0.25) is 0 Å². The van der Waals surface area contributed by atoms with Crippen LogP contribution in [0.5, 0.6) is 0 Å². The zero-order chi connectivity index (χ0) is 14.9. The van der Waals surface area contributed by atoms with E-state index in [2.05, 4.69) is 11.2 Å². The van der Waals surface area contributed by atoms with Crippen molar-refractivity contribution in [2.45, 2.75) is 13.8 Å². The van der Waals surface area contributed by atoms with Gasteiger partial charge in [-0.2, -0.15) is 15.0 Å². The molecule has 102 valence electrons. The SMILES string of the molecule is Cc1cc(N)n(/N=C\c2cc(C#N)n(C)c2C)c(=O)c1. The summed E-state index contributed by atoms with van der Waals surface area (Å²) in [5.74, 6) is 0.278. The minimum atomic E-state index is -0.284. The van der Waals surface area contributed by atoms with Gasteiger partial charge in [0.05, 0.1) is 6.21 Å². The first kappa shape index (κ1) is 13.6. The Bertz CT molecular complexity index is 789. The summed E-state index contributed by atoms with van der Waals surface area (Å²) in [6.45, 7) is 3.68. The van der Waals surface area contributed by atoms with Crippen molar-refractivity contribution in [2.75, 3.05) is 5.73 Å². The van der Waals surface area contributed by atoms with E-state index in [9.17, 15) is 4.79 Å². The molecule has 0 saturated heterocycles. The van der Waals surface area contributed by atoms with Gasteiger partial charge >= 0.3 is 0 Å². The first-order valence-corrected chi connectivity index (χ1v) is 6.04. The van der Waals surface area contributed by atoms with Crippen molar-refractivity contribution >= 4 is 12.0 Å². The van der Waals surface area contributed by atoms with Crippen LogP contribution in [0, 0.1) is 25.2 Å². The third-order valence-corrected chi connectivity index (χ3v) is 3.18. The van der Waals surface area contributed by atoms with Crippen molar-refractivity contribution in [3.05, 3.63) is 51.1 Å². The van der Waals surface area contributed by atoms with E-state index in [0.717, 1.165) is 21.5 Å². The second-order valence-electron chi connectivity index (χ2n) is 4.59. The van der Waals surface area contributed by atoms with E-state index in [-0.39, 0.29) is 11.4 Å². The molecule has 2 aromatic rings. The molecule has 6 nitrogen and oxygen atoms in total. The summed E-state index contributed by atoms with van der Waals surface area (Å²) >= 11 is 0. The smallest absolute Gasteiger partial charge is 0.273 e. The van der Waals surface area contributed by atoms with Crippen molar-refractivity contribution in [3.8, 4) is 6.07 Å². The molecule has 2 aromatic heterocycles. The van der Waals surface area contributed by atoms with Crippen LogP contribution in [0.1, 0.15) is 22.5 Å². The summed E-state index contributed by atoms with van der Waals surface area (Å²) in [7, 11) is 1.80. The second-order valence-corrected chi connectivity index (χ2v) is 4.59. The zero-order valence-electron chi connectivity index (χ0n) is 11.6. The Morgan fingerprint density at radius 2 is 2.05 bits per heavy atom. The van der Waals surface area contributed by atoms with E-state index in [4.69, 9.17) is 11.0 Å². The fraction of sp³-hybridized carbons (Fsp3) is 0.214. The normalized spacial score (nSPS) is 10.9. The molecule has 20 heavy (non-hydrogen) atoms. The molecule has 2 N–H and O–H groups in total. The van der Waals surface area contributed by atoms with Crippen LogP contribution >= 0.6 is 0 Å². The third-order valence-electron chi connectivity index (χ3n) is 3.18. The third kappa shape index (κ3) is 2.34. The fourth-order valence-electron chi connectivity index (χ4n) is 1.92. The topological polar surface area (TPSA) is 89.1 Å². The number of hydrogen-bond donors (Lipinski definition) is 1. The predicted molar refractivity (Wildman–Crippen MR) is 77.7 cm³/mol. The van der Waals surface area contributed by atoms with E-state index in [1.807, 2.05) is 6.92 Å². The molecule has 0 aliphatic heterocycles. The maximum absolute atomic E-state index is 11.8. The quantitative estimate of drug-likeness (QED) is 0.829. The standard InChI is InChI=1S/C14H15N5O/c1-9-4-13(16)19(14(20)5-9)17-8-11-6-12(7-15)18(3)10(11)2/h4-6,8H,16H2,1-3H3/b17-8-. The predicted octanol–water partition coefficient (Wildman–Crippen LogP) is 1.14. The molecule has 0 radical (unpaired) electrons. The van der Waals surface area contributed by atoms with Crippen LogP contribution in [0.15, 0.2) is 28.1 Å². The number of pyridine rings is 1. The Labute approximate surface area is 116 Å². The first-order valence-electron chi connectivity index (χ1n) is 6.04. The van der Waals surface area contributed by atoms with Crippen molar-refractivity contribution < 1.29 is 0 Å². The van der Waals surface area contributed by atoms with Crippen molar-refractivity contribution in [3.63, 3.8) is 0 Å². The van der Waals surface area contributed by atoms with Crippen LogP contribution in [-0.2, 0) is 7.05 Å². The molecule has 0 atom stereocenters. The number of nitrogen functional groups attached to an aromatic ring is 1. The number of aryl methyl sites for hydroxylation is 1. The van der Waals surface area contributed by atoms with Crippen LogP contribution in [0.3, 0.4) is 0 Å². The lowest BCUT2D eigenvalue weighted by atomic mass is 10.3. The van der Waals surface area contributed by atoms with Crippen LogP contribution < -0.4 is 11.3 Å². The van der Waals surface area contributed by atoms with Crippen LogP contribution in [0.4, 0.5) is 5.82 Å². The number of nitrogens with two attached hydrogens (primary N) is 1. The van der Waals surface area contributed by atoms with Gasteiger partial charge in [0, 0.05) is 24.4 Å². The molecule has 0 aliphatic rings. The lowest BCUT2D eigenvalue weighted by molar-refractivity contribution is 0.841. The molecule has 0 unspecified atom stereocenters. The highest BCUT2D eigenvalue weighted by Gasteiger charge is 2.07. The Balaban J connectivity index is 2.46. The summed E-state index contributed by atoms with van der Waals surface area (Å²) in [5.41, 5.74) is 8.49.